The number of ether oxygens (including phenoxy) is 2. The zero-order valence-corrected chi connectivity index (χ0v) is 11.1. The van der Waals surface area contributed by atoms with E-state index in [0.717, 1.165) is 13.0 Å². The van der Waals surface area contributed by atoms with Gasteiger partial charge in [-0.25, -0.2) is 0 Å². The fourth-order valence-corrected chi connectivity index (χ4v) is 1.12. The molecule has 0 radical (unpaired) electrons. The molecule has 0 saturated heterocycles. The number of hydrogen-bond donors (Lipinski definition) is 1. The molecular formula is C12H20N4O2. The van der Waals surface area contributed by atoms with Gasteiger partial charge in [-0.15, -0.1) is 4.98 Å². The van der Waals surface area contributed by atoms with Gasteiger partial charge in [0.2, 0.25) is 5.95 Å². The molecule has 0 aliphatic rings. The van der Waals surface area contributed by atoms with Crippen LogP contribution in [0.25, 0.3) is 0 Å². The van der Waals surface area contributed by atoms with Gasteiger partial charge in [-0.05, 0) is 20.3 Å². The number of nitrogens with one attached hydrogen (secondary N) is 1. The molecule has 100 valence electrons. The number of aromatic nitrogens is 3. The van der Waals surface area contributed by atoms with Crippen LogP contribution >= 0.6 is 0 Å². The minimum Gasteiger partial charge on any atom is -0.461 e. The zero-order valence-electron chi connectivity index (χ0n) is 11.1. The number of nitrogens with zero attached hydrogens (tertiary/aromatic N) is 3. The Hall–Kier alpha value is -1.85. The molecule has 0 atom stereocenters. The summed E-state index contributed by atoms with van der Waals surface area (Å²) in [4.78, 5) is 12.4. The van der Waals surface area contributed by atoms with Gasteiger partial charge in [0.25, 0.3) is 0 Å². The van der Waals surface area contributed by atoms with E-state index in [1.54, 1.807) is 6.08 Å². The highest BCUT2D eigenvalue weighted by Crippen LogP contribution is 2.14. The van der Waals surface area contributed by atoms with E-state index in [0.29, 0.717) is 12.6 Å². The van der Waals surface area contributed by atoms with Crippen molar-refractivity contribution >= 4 is 5.95 Å². The van der Waals surface area contributed by atoms with Crippen molar-refractivity contribution in [3.8, 4) is 12.0 Å². The normalized spacial score (nSPS) is 10.2. The standard InChI is InChI=1S/C12H20N4O2/c1-5-7-13-10-14-11(17-8-6-2)16-12(15-10)18-9(3)4/h6,9H,2,5,7-8H2,1,3-4H3,(H,13,14,15,16). The van der Waals surface area contributed by atoms with Crippen LogP contribution < -0.4 is 14.8 Å². The largest absolute Gasteiger partial charge is 0.461 e. The topological polar surface area (TPSA) is 69.2 Å². The van der Waals surface area contributed by atoms with Crippen LogP contribution in [0.3, 0.4) is 0 Å². The van der Waals surface area contributed by atoms with Crippen molar-refractivity contribution in [1.82, 2.24) is 15.0 Å². The lowest BCUT2D eigenvalue weighted by Crippen LogP contribution is -2.13. The van der Waals surface area contributed by atoms with E-state index in [4.69, 9.17) is 9.47 Å². The predicted octanol–water partition coefficient (Wildman–Crippen LogP) is 2.05. The van der Waals surface area contributed by atoms with Crippen LogP contribution in [0.1, 0.15) is 27.2 Å². The molecule has 0 spiro atoms. The molecule has 1 N–H and O–H groups in total. The molecular weight excluding hydrogens is 232 g/mol. The average molecular weight is 252 g/mol. The third-order valence-corrected chi connectivity index (χ3v) is 1.80. The molecule has 18 heavy (non-hydrogen) atoms. The number of rotatable bonds is 8. The van der Waals surface area contributed by atoms with E-state index in [-0.39, 0.29) is 18.1 Å². The lowest BCUT2D eigenvalue weighted by Gasteiger charge is -2.10. The Morgan fingerprint density at radius 2 is 2.00 bits per heavy atom. The van der Waals surface area contributed by atoms with Crippen molar-refractivity contribution in [2.45, 2.75) is 33.3 Å². The third-order valence-electron chi connectivity index (χ3n) is 1.80. The van der Waals surface area contributed by atoms with Gasteiger partial charge in [-0.3, -0.25) is 0 Å². The molecule has 0 bridgehead atoms. The third kappa shape index (κ3) is 4.99. The van der Waals surface area contributed by atoms with Crippen LogP contribution in [0.2, 0.25) is 0 Å². The zero-order chi connectivity index (χ0) is 13.4. The SMILES string of the molecule is C=CCOc1nc(NCCC)nc(OC(C)C)n1. The molecule has 6 heteroatoms. The van der Waals surface area contributed by atoms with Crippen molar-refractivity contribution in [1.29, 1.82) is 0 Å². The fraction of sp³-hybridized carbons (Fsp3) is 0.583. The van der Waals surface area contributed by atoms with E-state index in [9.17, 15) is 0 Å². The molecule has 0 saturated carbocycles. The summed E-state index contributed by atoms with van der Waals surface area (Å²) in [6.07, 6.45) is 2.61. The van der Waals surface area contributed by atoms with Crippen molar-refractivity contribution in [3.05, 3.63) is 12.7 Å². The fourth-order valence-electron chi connectivity index (χ4n) is 1.12. The first-order valence-electron chi connectivity index (χ1n) is 6.06. The first kappa shape index (κ1) is 14.2. The van der Waals surface area contributed by atoms with Crippen LogP contribution in [0.5, 0.6) is 12.0 Å². The summed E-state index contributed by atoms with van der Waals surface area (Å²) in [5.74, 6) is 0.460. The Morgan fingerprint density at radius 3 is 2.61 bits per heavy atom. The quantitative estimate of drug-likeness (QED) is 0.714. The minimum absolute atomic E-state index is 0.00122. The van der Waals surface area contributed by atoms with Gasteiger partial charge < -0.3 is 14.8 Å². The van der Waals surface area contributed by atoms with Crippen LogP contribution in [0.4, 0.5) is 5.95 Å². The molecule has 1 aromatic rings. The summed E-state index contributed by atoms with van der Waals surface area (Å²) in [5.41, 5.74) is 0. The first-order valence-corrected chi connectivity index (χ1v) is 6.06. The lowest BCUT2D eigenvalue weighted by molar-refractivity contribution is 0.215. The Kier molecular flexibility index (Phi) is 5.90. The molecule has 1 heterocycles. The number of anilines is 1. The highest BCUT2D eigenvalue weighted by Gasteiger charge is 2.09. The highest BCUT2D eigenvalue weighted by molar-refractivity contribution is 5.27. The first-order chi connectivity index (χ1) is 8.65. The summed E-state index contributed by atoms with van der Waals surface area (Å²) in [5, 5.41) is 3.08. The molecule has 0 amide bonds. The van der Waals surface area contributed by atoms with Crippen molar-refractivity contribution in [3.63, 3.8) is 0 Å². The van der Waals surface area contributed by atoms with Gasteiger partial charge in [0.05, 0.1) is 6.10 Å². The molecule has 0 unspecified atom stereocenters. The predicted molar refractivity (Wildman–Crippen MR) is 70.1 cm³/mol. The molecule has 0 aromatic carbocycles. The minimum atomic E-state index is -0.00122. The Morgan fingerprint density at radius 1 is 1.28 bits per heavy atom. The maximum atomic E-state index is 5.45. The van der Waals surface area contributed by atoms with E-state index >= 15 is 0 Å². The van der Waals surface area contributed by atoms with Gasteiger partial charge in [-0.2, -0.15) is 9.97 Å². The van der Waals surface area contributed by atoms with Crippen molar-refractivity contribution in [2.75, 3.05) is 18.5 Å². The van der Waals surface area contributed by atoms with E-state index < -0.39 is 0 Å². The van der Waals surface area contributed by atoms with Gasteiger partial charge in [0, 0.05) is 6.54 Å². The lowest BCUT2D eigenvalue weighted by atomic mass is 10.5. The van der Waals surface area contributed by atoms with E-state index in [2.05, 4.69) is 33.8 Å². The van der Waals surface area contributed by atoms with Crippen molar-refractivity contribution < 1.29 is 9.47 Å². The second-order valence-electron chi connectivity index (χ2n) is 3.92. The van der Waals surface area contributed by atoms with E-state index in [1.165, 1.54) is 0 Å². The molecule has 0 aliphatic heterocycles. The molecule has 1 rings (SSSR count). The molecule has 1 aromatic heterocycles. The van der Waals surface area contributed by atoms with Crippen LogP contribution in [0.15, 0.2) is 12.7 Å². The van der Waals surface area contributed by atoms with E-state index in [1.807, 2.05) is 13.8 Å². The second-order valence-corrected chi connectivity index (χ2v) is 3.92. The molecule has 0 fully saturated rings. The van der Waals surface area contributed by atoms with Gasteiger partial charge in [-0.1, -0.05) is 19.6 Å². The molecule has 0 aliphatic carbocycles. The maximum Gasteiger partial charge on any atom is 0.324 e. The smallest absolute Gasteiger partial charge is 0.324 e. The summed E-state index contributed by atoms with van der Waals surface area (Å²) in [6, 6.07) is 0.497. The van der Waals surface area contributed by atoms with Crippen LogP contribution in [-0.4, -0.2) is 34.2 Å². The van der Waals surface area contributed by atoms with Gasteiger partial charge in [0.15, 0.2) is 0 Å². The summed E-state index contributed by atoms with van der Waals surface area (Å²) >= 11 is 0. The Balaban J connectivity index is 2.84. The highest BCUT2D eigenvalue weighted by atomic mass is 16.5. The Labute approximate surface area is 107 Å². The van der Waals surface area contributed by atoms with Crippen LogP contribution in [-0.2, 0) is 0 Å². The Bertz CT molecular complexity index is 382. The van der Waals surface area contributed by atoms with Crippen molar-refractivity contribution in [2.24, 2.45) is 0 Å². The van der Waals surface area contributed by atoms with Gasteiger partial charge >= 0.3 is 12.0 Å². The summed E-state index contributed by atoms with van der Waals surface area (Å²) < 4.78 is 10.7. The average Bonchev–Trinajstić information content (AvgIpc) is 2.33. The molecule has 6 nitrogen and oxygen atoms in total. The number of hydrogen-bond acceptors (Lipinski definition) is 6. The summed E-state index contributed by atoms with van der Waals surface area (Å²) in [6.45, 7) is 10.6. The summed E-state index contributed by atoms with van der Waals surface area (Å²) in [7, 11) is 0. The van der Waals surface area contributed by atoms with Gasteiger partial charge in [0.1, 0.15) is 6.61 Å². The second kappa shape index (κ2) is 7.47. The monoisotopic (exact) mass is 252 g/mol. The maximum absolute atomic E-state index is 5.45. The van der Waals surface area contributed by atoms with Crippen LogP contribution in [0, 0.1) is 0 Å².